The molecule has 0 atom stereocenters. The molecule has 0 unspecified atom stereocenters. The van der Waals surface area contributed by atoms with E-state index < -0.39 is 0 Å². The average Bonchev–Trinajstić information content (AvgIpc) is 3.31. The summed E-state index contributed by atoms with van der Waals surface area (Å²) < 4.78 is 1.93. The number of carbonyl (C=O) groups is 1. The Morgan fingerprint density at radius 2 is 1.96 bits per heavy atom. The SMILES string of the molecule is O=C(CCSc1nncn1-c1ccccc1)Nc1ccc2c(c1)CCC2. The van der Waals surface area contributed by atoms with Crippen LogP contribution in [0.5, 0.6) is 0 Å². The highest BCUT2D eigenvalue weighted by Gasteiger charge is 2.12. The second-order valence-electron chi connectivity index (χ2n) is 6.30. The first-order chi connectivity index (χ1) is 12.8. The number of nitrogens with one attached hydrogen (secondary N) is 1. The number of amides is 1. The highest BCUT2D eigenvalue weighted by molar-refractivity contribution is 7.99. The zero-order valence-corrected chi connectivity index (χ0v) is 15.2. The molecule has 5 nitrogen and oxygen atoms in total. The summed E-state index contributed by atoms with van der Waals surface area (Å²) in [7, 11) is 0. The molecular formula is C20H20N4OS. The van der Waals surface area contributed by atoms with E-state index in [9.17, 15) is 4.79 Å². The monoisotopic (exact) mass is 364 g/mol. The van der Waals surface area contributed by atoms with Gasteiger partial charge in [-0.1, -0.05) is 36.0 Å². The van der Waals surface area contributed by atoms with E-state index in [0.717, 1.165) is 29.4 Å². The Morgan fingerprint density at radius 3 is 2.85 bits per heavy atom. The van der Waals surface area contributed by atoms with Gasteiger partial charge in [-0.2, -0.15) is 0 Å². The molecule has 3 aromatic rings. The summed E-state index contributed by atoms with van der Waals surface area (Å²) in [5, 5.41) is 11.9. The number of thioether (sulfide) groups is 1. The molecule has 0 saturated heterocycles. The van der Waals surface area contributed by atoms with Crippen molar-refractivity contribution in [2.75, 3.05) is 11.1 Å². The van der Waals surface area contributed by atoms with Gasteiger partial charge in [0.15, 0.2) is 5.16 Å². The van der Waals surface area contributed by atoms with Crippen molar-refractivity contribution in [1.82, 2.24) is 14.8 Å². The number of anilines is 1. The standard InChI is InChI=1S/C20H20N4OS/c25-19(22-17-10-9-15-5-4-6-16(15)13-17)11-12-26-20-23-21-14-24(20)18-7-2-1-3-8-18/h1-3,7-10,13-14H,4-6,11-12H2,(H,22,25). The van der Waals surface area contributed by atoms with Crippen LogP contribution in [0.3, 0.4) is 0 Å². The molecule has 1 aliphatic rings. The third-order valence-corrected chi connectivity index (χ3v) is 5.44. The third-order valence-electron chi connectivity index (χ3n) is 4.49. The Morgan fingerprint density at radius 1 is 1.12 bits per heavy atom. The van der Waals surface area contributed by atoms with Gasteiger partial charge in [0.2, 0.25) is 5.91 Å². The van der Waals surface area contributed by atoms with Crippen LogP contribution in [0.25, 0.3) is 5.69 Å². The van der Waals surface area contributed by atoms with Crippen LogP contribution in [0.4, 0.5) is 5.69 Å². The van der Waals surface area contributed by atoms with Crippen LogP contribution in [0.15, 0.2) is 60.0 Å². The van der Waals surface area contributed by atoms with Crippen LogP contribution in [-0.4, -0.2) is 26.4 Å². The maximum absolute atomic E-state index is 12.2. The number of benzene rings is 2. The van der Waals surface area contributed by atoms with Crippen molar-refractivity contribution in [2.45, 2.75) is 30.8 Å². The first-order valence-corrected chi connectivity index (χ1v) is 9.78. The number of nitrogens with zero attached hydrogens (tertiary/aromatic N) is 3. The molecule has 26 heavy (non-hydrogen) atoms. The van der Waals surface area contributed by atoms with Crippen molar-refractivity contribution < 1.29 is 4.79 Å². The van der Waals surface area contributed by atoms with Crippen molar-refractivity contribution in [3.05, 3.63) is 66.0 Å². The van der Waals surface area contributed by atoms with Crippen LogP contribution >= 0.6 is 11.8 Å². The summed E-state index contributed by atoms with van der Waals surface area (Å²) in [5.41, 5.74) is 4.70. The topological polar surface area (TPSA) is 59.8 Å². The van der Waals surface area contributed by atoms with Crippen LogP contribution < -0.4 is 5.32 Å². The Balaban J connectivity index is 1.31. The van der Waals surface area contributed by atoms with E-state index in [0.29, 0.717) is 12.2 Å². The van der Waals surface area contributed by atoms with Gasteiger partial charge in [-0.3, -0.25) is 9.36 Å². The molecule has 0 bridgehead atoms. The Kier molecular flexibility index (Phi) is 5.02. The van der Waals surface area contributed by atoms with Crippen molar-refractivity contribution in [3.63, 3.8) is 0 Å². The van der Waals surface area contributed by atoms with E-state index in [1.165, 1.54) is 29.3 Å². The molecule has 1 aliphatic carbocycles. The molecule has 2 aromatic carbocycles. The Labute approximate surface area is 156 Å². The summed E-state index contributed by atoms with van der Waals surface area (Å²) in [6.07, 6.45) is 5.61. The second kappa shape index (κ2) is 7.74. The van der Waals surface area contributed by atoms with Crippen LogP contribution in [0.2, 0.25) is 0 Å². The number of aromatic nitrogens is 3. The average molecular weight is 364 g/mol. The maximum Gasteiger partial charge on any atom is 0.225 e. The quantitative estimate of drug-likeness (QED) is 0.675. The Bertz CT molecular complexity index is 907. The largest absolute Gasteiger partial charge is 0.326 e. The van der Waals surface area contributed by atoms with Gasteiger partial charge >= 0.3 is 0 Å². The van der Waals surface area contributed by atoms with Crippen molar-refractivity contribution in [1.29, 1.82) is 0 Å². The molecule has 132 valence electrons. The van der Waals surface area contributed by atoms with Crippen molar-refractivity contribution in [2.24, 2.45) is 0 Å². The normalized spacial score (nSPS) is 12.8. The minimum Gasteiger partial charge on any atom is -0.326 e. The fourth-order valence-electron chi connectivity index (χ4n) is 3.20. The fourth-order valence-corrected chi connectivity index (χ4v) is 4.06. The van der Waals surface area contributed by atoms with Gasteiger partial charge < -0.3 is 5.32 Å². The van der Waals surface area contributed by atoms with E-state index in [1.807, 2.05) is 41.0 Å². The summed E-state index contributed by atoms with van der Waals surface area (Å²) in [5.74, 6) is 0.684. The van der Waals surface area contributed by atoms with Gasteiger partial charge in [0.25, 0.3) is 0 Å². The van der Waals surface area contributed by atoms with Crippen LogP contribution in [0.1, 0.15) is 24.0 Å². The zero-order chi connectivity index (χ0) is 17.8. The maximum atomic E-state index is 12.2. The van der Waals surface area contributed by atoms with Gasteiger partial charge in [0, 0.05) is 23.5 Å². The molecule has 1 N–H and O–H groups in total. The molecule has 0 saturated carbocycles. The lowest BCUT2D eigenvalue weighted by molar-refractivity contribution is -0.115. The number of para-hydroxylation sites is 1. The molecule has 4 rings (SSSR count). The van der Waals surface area contributed by atoms with E-state index in [4.69, 9.17) is 0 Å². The molecular weight excluding hydrogens is 344 g/mol. The van der Waals surface area contributed by atoms with Crippen LogP contribution in [-0.2, 0) is 17.6 Å². The van der Waals surface area contributed by atoms with Gasteiger partial charge in [-0.25, -0.2) is 0 Å². The molecule has 0 radical (unpaired) electrons. The smallest absolute Gasteiger partial charge is 0.225 e. The third kappa shape index (κ3) is 3.80. The summed E-state index contributed by atoms with van der Waals surface area (Å²) in [6, 6.07) is 16.2. The molecule has 0 spiro atoms. The predicted octanol–water partition coefficient (Wildman–Crippen LogP) is 3.88. The minimum absolute atomic E-state index is 0.0289. The number of aryl methyl sites for hydroxylation is 2. The van der Waals surface area contributed by atoms with Gasteiger partial charge in [-0.15, -0.1) is 10.2 Å². The van der Waals surface area contributed by atoms with Gasteiger partial charge in [-0.05, 0) is 54.7 Å². The molecule has 1 heterocycles. The van der Waals surface area contributed by atoms with Crippen molar-refractivity contribution in [3.8, 4) is 5.69 Å². The number of carbonyl (C=O) groups excluding carboxylic acids is 1. The van der Waals surface area contributed by atoms with E-state index in [-0.39, 0.29) is 5.91 Å². The van der Waals surface area contributed by atoms with E-state index in [2.05, 4.69) is 27.6 Å². The highest BCUT2D eigenvalue weighted by atomic mass is 32.2. The lowest BCUT2D eigenvalue weighted by Gasteiger charge is -2.08. The first-order valence-electron chi connectivity index (χ1n) is 8.79. The fraction of sp³-hybridized carbons (Fsp3) is 0.250. The molecule has 0 aliphatic heterocycles. The lowest BCUT2D eigenvalue weighted by atomic mass is 10.1. The van der Waals surface area contributed by atoms with E-state index in [1.54, 1.807) is 6.33 Å². The summed E-state index contributed by atoms with van der Waals surface area (Å²) >= 11 is 1.54. The zero-order valence-electron chi connectivity index (χ0n) is 14.4. The second-order valence-corrected chi connectivity index (χ2v) is 7.36. The number of hydrogen-bond donors (Lipinski definition) is 1. The van der Waals surface area contributed by atoms with Gasteiger partial charge in [0.1, 0.15) is 6.33 Å². The van der Waals surface area contributed by atoms with Crippen molar-refractivity contribution >= 4 is 23.4 Å². The summed E-state index contributed by atoms with van der Waals surface area (Å²) in [6.45, 7) is 0. The molecule has 1 amide bonds. The first kappa shape index (κ1) is 16.8. The van der Waals surface area contributed by atoms with E-state index >= 15 is 0 Å². The number of fused-ring (bicyclic) bond motifs is 1. The number of rotatable bonds is 6. The molecule has 0 fully saturated rings. The predicted molar refractivity (Wildman–Crippen MR) is 104 cm³/mol. The molecule has 6 heteroatoms. The summed E-state index contributed by atoms with van der Waals surface area (Å²) in [4.78, 5) is 12.2. The highest BCUT2D eigenvalue weighted by Crippen LogP contribution is 2.25. The Hall–Kier alpha value is -2.60. The molecule has 1 aromatic heterocycles. The van der Waals surface area contributed by atoms with Crippen LogP contribution in [0, 0.1) is 0 Å². The lowest BCUT2D eigenvalue weighted by Crippen LogP contribution is -2.12. The van der Waals surface area contributed by atoms with Gasteiger partial charge in [0.05, 0.1) is 0 Å². The number of hydrogen-bond acceptors (Lipinski definition) is 4. The minimum atomic E-state index is 0.0289.